The molecule has 1 aliphatic heterocycles. The molecule has 1 aliphatic rings. The zero-order valence-corrected chi connectivity index (χ0v) is 19.2. The summed E-state index contributed by atoms with van der Waals surface area (Å²) in [5, 5.41) is 0. The summed E-state index contributed by atoms with van der Waals surface area (Å²) in [6.07, 6.45) is 3.39. The van der Waals surface area contributed by atoms with Gasteiger partial charge in [0.2, 0.25) is 0 Å². The van der Waals surface area contributed by atoms with Gasteiger partial charge in [-0.05, 0) is 37.6 Å². The predicted octanol–water partition coefficient (Wildman–Crippen LogP) is 3.61. The van der Waals surface area contributed by atoms with E-state index < -0.39 is 17.4 Å². The number of hydrogen-bond donors (Lipinski definition) is 1. The Morgan fingerprint density at radius 2 is 1.86 bits per heavy atom. The number of Topliss-reactive ketones (excluding diaryl/α,β-unsaturated/α-hetero) is 1. The Balaban J connectivity index is 1.54. The maximum atomic E-state index is 14.0. The number of anilines is 2. The van der Waals surface area contributed by atoms with Crippen LogP contribution in [0.3, 0.4) is 0 Å². The Hall–Kier alpha value is -3.92. The fourth-order valence-electron chi connectivity index (χ4n) is 4.20. The molecule has 0 amide bonds. The number of aryl methyl sites for hydroxylation is 1. The second kappa shape index (κ2) is 9.38. The molecule has 5 rings (SSSR count). The average molecular weight is 479 g/mol. The summed E-state index contributed by atoms with van der Waals surface area (Å²) >= 11 is 0. The molecular weight excluding hydrogens is 454 g/mol. The van der Waals surface area contributed by atoms with Crippen molar-refractivity contribution in [3.63, 3.8) is 0 Å². The first-order valence-corrected chi connectivity index (χ1v) is 11.3. The zero-order chi connectivity index (χ0) is 24.5. The zero-order valence-electron chi connectivity index (χ0n) is 19.2. The number of aromatic nitrogens is 4. The molecule has 35 heavy (non-hydrogen) atoms. The topological polar surface area (TPSA) is 98.6 Å². The van der Waals surface area contributed by atoms with Crippen LogP contribution in [0.2, 0.25) is 0 Å². The number of ether oxygens (including phenoxy) is 1. The van der Waals surface area contributed by atoms with Crippen LogP contribution in [-0.2, 0) is 11.2 Å². The second-order valence-corrected chi connectivity index (χ2v) is 8.40. The minimum absolute atomic E-state index is 0.0174. The Labute approximate surface area is 200 Å². The van der Waals surface area contributed by atoms with Gasteiger partial charge in [0.05, 0.1) is 13.2 Å². The first kappa shape index (κ1) is 22.9. The number of rotatable bonds is 6. The van der Waals surface area contributed by atoms with Crippen molar-refractivity contribution in [1.29, 1.82) is 0 Å². The molecule has 0 saturated carbocycles. The number of ketones is 1. The quantitative estimate of drug-likeness (QED) is 0.423. The third kappa shape index (κ3) is 4.44. The smallest absolute Gasteiger partial charge is 0.185 e. The van der Waals surface area contributed by atoms with Crippen LogP contribution in [0, 0.1) is 18.6 Å². The van der Waals surface area contributed by atoms with Crippen LogP contribution >= 0.6 is 0 Å². The van der Waals surface area contributed by atoms with E-state index in [-0.39, 0.29) is 29.9 Å². The average Bonchev–Trinajstić information content (AvgIpc) is 3.24. The largest absolute Gasteiger partial charge is 0.382 e. The van der Waals surface area contributed by atoms with Gasteiger partial charge in [-0.1, -0.05) is 6.07 Å². The highest BCUT2D eigenvalue weighted by Gasteiger charge is 2.24. The summed E-state index contributed by atoms with van der Waals surface area (Å²) in [6, 6.07) is 7.36. The number of nitrogens with zero attached hydrogens (tertiary/aromatic N) is 5. The third-order valence-corrected chi connectivity index (χ3v) is 6.11. The van der Waals surface area contributed by atoms with E-state index in [4.69, 9.17) is 10.5 Å². The van der Waals surface area contributed by atoms with Gasteiger partial charge in [-0.3, -0.25) is 4.79 Å². The van der Waals surface area contributed by atoms with Gasteiger partial charge in [-0.25, -0.2) is 23.7 Å². The molecule has 3 aromatic heterocycles. The summed E-state index contributed by atoms with van der Waals surface area (Å²) in [7, 11) is 0. The fraction of sp³-hybridized carbons (Fsp3) is 0.280. The van der Waals surface area contributed by atoms with Gasteiger partial charge in [0.15, 0.2) is 17.4 Å². The highest BCUT2D eigenvalue weighted by Crippen LogP contribution is 2.31. The van der Waals surface area contributed by atoms with Gasteiger partial charge < -0.3 is 19.8 Å². The van der Waals surface area contributed by atoms with Crippen molar-refractivity contribution in [3.8, 4) is 11.3 Å². The highest BCUT2D eigenvalue weighted by atomic mass is 19.1. The van der Waals surface area contributed by atoms with Gasteiger partial charge in [0.1, 0.15) is 28.7 Å². The number of imidazole rings is 1. The van der Waals surface area contributed by atoms with Crippen molar-refractivity contribution in [1.82, 2.24) is 19.4 Å². The lowest BCUT2D eigenvalue weighted by Crippen LogP contribution is -2.37. The first-order valence-electron chi connectivity index (χ1n) is 11.3. The van der Waals surface area contributed by atoms with E-state index in [0.717, 1.165) is 16.9 Å². The fourth-order valence-corrected chi connectivity index (χ4v) is 4.20. The molecule has 10 heteroatoms. The number of carbonyl (C=O) groups is 1. The SMILES string of the molecule is Cc1cnc2ccc(-c3nc(C(=O)CCc4c(F)cccc4F)c(N)nc3N3CCOCC3)cn12. The molecule has 1 saturated heterocycles. The second-order valence-electron chi connectivity index (χ2n) is 8.40. The standard InChI is InChI=1S/C25H24F2N6O2/c1-15-13-29-21-8-5-16(14-33(15)21)22-25(32-9-11-35-12-10-32)31-24(28)23(30-22)20(34)7-6-17-18(26)3-2-4-19(17)27/h2-5,8,13-14H,6-7,9-12H2,1H3,(H2,28,31). The summed E-state index contributed by atoms with van der Waals surface area (Å²) < 4.78 is 35.5. The maximum absolute atomic E-state index is 14.0. The number of hydrogen-bond acceptors (Lipinski definition) is 7. The molecule has 8 nitrogen and oxygen atoms in total. The number of halogens is 2. The van der Waals surface area contributed by atoms with Crippen molar-refractivity contribution >= 4 is 23.1 Å². The van der Waals surface area contributed by atoms with E-state index in [1.165, 1.54) is 18.2 Å². The minimum atomic E-state index is -0.691. The lowest BCUT2D eigenvalue weighted by atomic mass is 10.0. The molecule has 0 atom stereocenters. The van der Waals surface area contributed by atoms with Gasteiger partial charge in [0.25, 0.3) is 0 Å². The Bertz CT molecular complexity index is 1390. The lowest BCUT2D eigenvalue weighted by Gasteiger charge is -2.29. The van der Waals surface area contributed by atoms with Crippen molar-refractivity contribution < 1.29 is 18.3 Å². The van der Waals surface area contributed by atoms with E-state index in [1.807, 2.05) is 34.6 Å². The molecule has 1 aromatic carbocycles. The normalized spacial score (nSPS) is 14.0. The molecular formula is C25H24F2N6O2. The Morgan fingerprint density at radius 1 is 1.11 bits per heavy atom. The van der Waals surface area contributed by atoms with Crippen LogP contribution in [0.15, 0.2) is 42.7 Å². The van der Waals surface area contributed by atoms with Gasteiger partial charge in [-0.15, -0.1) is 0 Å². The maximum Gasteiger partial charge on any atom is 0.185 e. The van der Waals surface area contributed by atoms with Gasteiger partial charge >= 0.3 is 0 Å². The molecule has 0 unspecified atom stereocenters. The number of morpholine rings is 1. The molecule has 1 fully saturated rings. The van der Waals surface area contributed by atoms with E-state index in [9.17, 15) is 13.6 Å². The first-order chi connectivity index (χ1) is 16.9. The highest BCUT2D eigenvalue weighted by molar-refractivity contribution is 5.99. The predicted molar refractivity (Wildman–Crippen MR) is 127 cm³/mol. The van der Waals surface area contributed by atoms with E-state index in [0.29, 0.717) is 37.8 Å². The lowest BCUT2D eigenvalue weighted by molar-refractivity contribution is 0.0978. The van der Waals surface area contributed by atoms with Crippen LogP contribution in [0.4, 0.5) is 20.4 Å². The molecule has 0 aliphatic carbocycles. The van der Waals surface area contributed by atoms with Crippen LogP contribution < -0.4 is 10.6 Å². The molecule has 0 radical (unpaired) electrons. The third-order valence-electron chi connectivity index (χ3n) is 6.11. The van der Waals surface area contributed by atoms with Crippen LogP contribution in [0.5, 0.6) is 0 Å². The molecule has 2 N–H and O–H groups in total. The number of nitrogen functional groups attached to an aromatic ring is 1. The Kier molecular flexibility index (Phi) is 6.12. The summed E-state index contributed by atoms with van der Waals surface area (Å²) in [4.78, 5) is 28.7. The Morgan fingerprint density at radius 3 is 2.60 bits per heavy atom. The number of nitrogens with two attached hydrogens (primary N) is 1. The van der Waals surface area contributed by atoms with E-state index in [1.54, 1.807) is 6.20 Å². The molecule has 0 bridgehead atoms. The summed E-state index contributed by atoms with van der Waals surface area (Å²) in [5.41, 5.74) is 8.99. The van der Waals surface area contributed by atoms with E-state index in [2.05, 4.69) is 15.0 Å². The molecule has 180 valence electrons. The van der Waals surface area contributed by atoms with Crippen molar-refractivity contribution in [2.45, 2.75) is 19.8 Å². The van der Waals surface area contributed by atoms with Gasteiger partial charge in [-0.2, -0.15) is 0 Å². The minimum Gasteiger partial charge on any atom is -0.382 e. The monoisotopic (exact) mass is 478 g/mol. The van der Waals surface area contributed by atoms with Crippen LogP contribution in [0.25, 0.3) is 16.9 Å². The van der Waals surface area contributed by atoms with Crippen molar-refractivity contribution in [3.05, 3.63) is 71.3 Å². The van der Waals surface area contributed by atoms with E-state index >= 15 is 0 Å². The number of pyridine rings is 1. The number of benzene rings is 1. The van der Waals surface area contributed by atoms with Crippen molar-refractivity contribution in [2.24, 2.45) is 0 Å². The molecule has 4 aromatic rings. The number of fused-ring (bicyclic) bond motifs is 1. The van der Waals surface area contributed by atoms with Crippen molar-refractivity contribution in [2.75, 3.05) is 36.9 Å². The van der Waals surface area contributed by atoms with Gasteiger partial charge in [0, 0.05) is 48.7 Å². The molecule has 4 heterocycles. The number of carbonyl (C=O) groups excluding carboxylic acids is 1. The van der Waals surface area contributed by atoms with Crippen LogP contribution in [-0.4, -0.2) is 51.4 Å². The summed E-state index contributed by atoms with van der Waals surface area (Å²) in [6.45, 7) is 4.23. The van der Waals surface area contributed by atoms with Crippen LogP contribution in [0.1, 0.15) is 28.2 Å². The summed E-state index contributed by atoms with van der Waals surface area (Å²) in [5.74, 6) is -1.28. The molecule has 0 spiro atoms.